The number of hydrogen-bond acceptors (Lipinski definition) is 17. The minimum absolute atomic E-state index is 0.149. The van der Waals surface area contributed by atoms with Gasteiger partial charge in [-0.15, -0.1) is 6.58 Å². The predicted octanol–water partition coefficient (Wildman–Crippen LogP) is 17.8. The third kappa shape index (κ3) is 25.0. The van der Waals surface area contributed by atoms with Crippen LogP contribution in [0.3, 0.4) is 0 Å². The average molecular weight is 1920 g/mol. The van der Waals surface area contributed by atoms with Gasteiger partial charge in [0, 0.05) is 115 Å². The molecule has 0 radical (unpaired) electrons. The van der Waals surface area contributed by atoms with Gasteiger partial charge in [-0.1, -0.05) is 129 Å². The van der Waals surface area contributed by atoms with E-state index in [1.165, 1.54) is 36.1 Å². The van der Waals surface area contributed by atoms with E-state index in [9.17, 15) is 46.6 Å². The van der Waals surface area contributed by atoms with Crippen LogP contribution in [0.5, 0.6) is 0 Å². The van der Waals surface area contributed by atoms with Gasteiger partial charge in [0.15, 0.2) is 5.78 Å². The number of benzene rings is 7. The van der Waals surface area contributed by atoms with E-state index in [0.717, 1.165) is 84.8 Å². The molecule has 21 nitrogen and oxygen atoms in total. The fourth-order valence-corrected chi connectivity index (χ4v) is 15.0. The molecule has 634 valence electrons. The van der Waals surface area contributed by atoms with E-state index in [2.05, 4.69) is 104 Å². The van der Waals surface area contributed by atoms with Crippen molar-refractivity contribution in [1.29, 1.82) is 10.5 Å². The van der Waals surface area contributed by atoms with Crippen LogP contribution >= 0.6 is 31.9 Å². The number of nitriles is 2. The number of carbonyl (C=O) groups excluding carboxylic acids is 3. The van der Waals surface area contributed by atoms with Gasteiger partial charge in [-0.2, -0.15) is 5.26 Å². The standard InChI is InChI=1S/C29H22F2N4O2.C21H14N2O2.C11H9N.C10H6BrNO2.C9H6BrN.C8H15BO2.C8H11F2IN3O/c30-29(31)16-22(17-32)35(18-29)28(37)10-9-27(36)23-11-13-34-26-8-6-20(15-24(23)26)4-3-19-5-7-25-21(14-19)2-1-12-33-25;24-21(25)17-9-11-23-20-8-6-15(13-18(17)20)4-3-14-5-7-19-16(12-14)2-1-10-22-19;1-2-9-5-6-11-10(8-9)4-3-7-12-11;11-6-1-2-9-8(5-6)7(10(13)14)3-4-12-9;10-8-3-4-9-7(6-8)2-1-5-11-9;1-6-9-10-7(2,3)8(4,5)11-9;9-8(10)3-6(4-12)14(5-8)7(15)1-2-11-13/h1-8,11-15,22H,9-10,16,18H2;1-13H,(H,24,25);2-8H,1H2;1-5H,(H,13,14);1-6H;6H,1H2,2-5H3;6H,1-3,5,13H2/q;;;;;;-1/b2*4-3+;;;;;/t22-;;;;;;6-/m0.....0/s1. The number of carboxylic acids is 2. The molecule has 3 aliphatic rings. The number of amides is 2. The van der Waals surface area contributed by atoms with Gasteiger partial charge in [-0.3, -0.25) is 44.5 Å². The second-order valence-corrected chi connectivity index (χ2v) is 33.6. The number of ketones is 1. The molecule has 0 saturated carbocycles. The Morgan fingerprint density at radius 2 is 0.808 bits per heavy atom. The first-order valence-corrected chi connectivity index (χ1v) is 43.5. The molecule has 17 rings (SSSR count). The van der Waals surface area contributed by atoms with Crippen LogP contribution < -0.4 is 25.4 Å². The van der Waals surface area contributed by atoms with Crippen LogP contribution in [0.2, 0.25) is 0 Å². The number of nitrogens with zero attached hydrogens (tertiary/aromatic N) is 11. The van der Waals surface area contributed by atoms with Crippen LogP contribution in [0.15, 0.2) is 266 Å². The van der Waals surface area contributed by atoms with Crippen molar-refractivity contribution in [3.05, 3.63) is 310 Å². The number of aromatic carboxylic acids is 2. The van der Waals surface area contributed by atoms with Crippen molar-refractivity contribution in [3.63, 3.8) is 0 Å². The van der Waals surface area contributed by atoms with Gasteiger partial charge in [-0.25, -0.2) is 18.4 Å². The van der Waals surface area contributed by atoms with E-state index in [1.54, 1.807) is 61.1 Å². The maximum atomic E-state index is 13.7. The quantitative estimate of drug-likeness (QED) is 0.0163. The van der Waals surface area contributed by atoms with Crippen molar-refractivity contribution in [2.75, 3.05) is 17.5 Å². The number of halogens is 7. The Bertz CT molecular complexity index is 6500. The minimum atomic E-state index is -3.09. The first-order valence-electron chi connectivity index (χ1n) is 39.1. The fourth-order valence-electron chi connectivity index (χ4n) is 13.5. The second-order valence-electron chi connectivity index (χ2n) is 29.8. The Balaban J connectivity index is 0.000000150. The molecule has 29 heteroatoms. The summed E-state index contributed by atoms with van der Waals surface area (Å²) in [5, 5.41) is 42.4. The molecule has 10 heterocycles. The van der Waals surface area contributed by atoms with Crippen LogP contribution in [-0.4, -0.2) is 144 Å². The number of fused-ring (bicyclic) bond motifs is 7. The van der Waals surface area contributed by atoms with Crippen molar-refractivity contribution < 1.29 is 82.5 Å². The van der Waals surface area contributed by atoms with Crippen LogP contribution in [0, 0.1) is 22.7 Å². The molecule has 0 bridgehead atoms. The Kier molecular flexibility index (Phi) is 31.7. The SMILES string of the molecule is Brc1ccc2ncccc2c1.C=CB1OC(C)(C)C(C)(C)O1.C=Cc1ccc2ncccc2c1.N#C[C@@H]1CC(F)(F)CN1C(=O)CCC(=O)c1ccnc2ccc(/C=C/c3ccc4ncccc4c3)cc12.N#C[C@@H]1CC(F)(F)CN1C(=O)CC[I-]N.O=C(O)c1ccnc2ccc(/C=C/c3ccc4ncccc4c3)cc12.O=C(O)c1ccnc2ccc(Br)cc12. The number of likely N-dealkylation sites (tertiary alicyclic amines) is 2. The Morgan fingerprint density at radius 3 is 1.20 bits per heavy atom. The summed E-state index contributed by atoms with van der Waals surface area (Å²) in [4.78, 5) is 90.8. The summed E-state index contributed by atoms with van der Waals surface area (Å²) in [6.07, 6.45) is 20.0. The summed E-state index contributed by atoms with van der Waals surface area (Å²) >= 11 is 6.20. The van der Waals surface area contributed by atoms with Gasteiger partial charge >= 0.3 is 116 Å². The third-order valence-electron chi connectivity index (χ3n) is 20.5. The maximum absolute atomic E-state index is 13.7. The number of nitrogens with two attached hydrogens (primary N) is 1. The van der Waals surface area contributed by atoms with E-state index >= 15 is 0 Å². The predicted molar refractivity (Wildman–Crippen MR) is 484 cm³/mol. The van der Waals surface area contributed by atoms with Gasteiger partial charge in [-0.05, 0) is 195 Å². The van der Waals surface area contributed by atoms with Gasteiger partial charge < -0.3 is 24.4 Å². The number of carbonyl (C=O) groups is 5. The molecule has 2 atom stereocenters. The Labute approximate surface area is 746 Å². The molecule has 2 amide bonds. The topological polar surface area (TPSA) is 315 Å². The van der Waals surface area contributed by atoms with Gasteiger partial charge in [0.2, 0.25) is 5.91 Å². The molecule has 4 N–H and O–H groups in total. The second kappa shape index (κ2) is 42.6. The van der Waals surface area contributed by atoms with Crippen LogP contribution in [0.4, 0.5) is 17.6 Å². The number of aromatic nitrogens is 7. The van der Waals surface area contributed by atoms with Crippen LogP contribution in [0.1, 0.15) is 119 Å². The molecule has 3 aliphatic heterocycles. The van der Waals surface area contributed by atoms with Crippen molar-refractivity contribution >= 4 is 175 Å². The summed E-state index contributed by atoms with van der Waals surface area (Å²) in [7, 11) is -0.250. The van der Waals surface area contributed by atoms with Crippen molar-refractivity contribution in [1.82, 2.24) is 44.7 Å². The summed E-state index contributed by atoms with van der Waals surface area (Å²) in [6.45, 7) is 14.0. The van der Waals surface area contributed by atoms with Crippen molar-refractivity contribution in [2.24, 2.45) is 3.95 Å². The van der Waals surface area contributed by atoms with E-state index in [0.29, 0.717) is 42.7 Å². The monoisotopic (exact) mass is 1920 g/mol. The number of alkyl halides is 5. The Morgan fingerprint density at radius 1 is 0.472 bits per heavy atom. The molecule has 0 spiro atoms. The van der Waals surface area contributed by atoms with Crippen molar-refractivity contribution in [3.8, 4) is 12.1 Å². The number of carboxylic acid groups (broad SMARTS) is 2. The minimum Gasteiger partial charge on any atom is -0.478 e. The summed E-state index contributed by atoms with van der Waals surface area (Å²) in [5.41, 5.74) is 11.4. The molecule has 7 aromatic carbocycles. The molecular weight excluding hydrogens is 1840 g/mol. The van der Waals surface area contributed by atoms with Crippen molar-refractivity contribution in [2.45, 2.75) is 94.9 Å². The smallest absolute Gasteiger partial charge is 0.336 e. The number of hydrogen-bond donors (Lipinski definition) is 3. The zero-order valence-corrected chi connectivity index (χ0v) is 73.5. The molecule has 3 saturated heterocycles. The third-order valence-corrected chi connectivity index (χ3v) is 22.7. The molecule has 14 aromatic rings. The van der Waals surface area contributed by atoms with Crippen LogP contribution in [0.25, 0.3) is 107 Å². The summed E-state index contributed by atoms with van der Waals surface area (Å²) in [5.74, 6) is -7.51. The molecule has 0 unspecified atom stereocenters. The van der Waals surface area contributed by atoms with E-state index < -0.39 is 89.2 Å². The summed E-state index contributed by atoms with van der Waals surface area (Å²) in [6, 6.07) is 62.6. The number of pyridine rings is 7. The van der Waals surface area contributed by atoms with E-state index in [1.807, 2.05) is 198 Å². The molecule has 3 fully saturated rings. The first kappa shape index (κ1) is 93.0. The zero-order valence-electron chi connectivity index (χ0n) is 68.2. The van der Waals surface area contributed by atoms with Gasteiger partial charge in [0.1, 0.15) is 6.04 Å². The fraction of sp³-hybridized carbons (Fsp3) is 0.188. The van der Waals surface area contributed by atoms with Gasteiger partial charge in [0.25, 0.3) is 5.92 Å². The molecule has 125 heavy (non-hydrogen) atoms. The maximum Gasteiger partial charge on any atom is 0.336 e. The number of rotatable bonds is 15. The van der Waals surface area contributed by atoms with E-state index in [-0.39, 0.29) is 60.4 Å². The summed E-state index contributed by atoms with van der Waals surface area (Å²) < 4.78 is 72.2. The molecular formula is C96H83BBr2F4IN12O9-. The molecule has 7 aromatic heterocycles. The molecule has 0 aliphatic carbocycles. The zero-order chi connectivity index (χ0) is 89.6. The first-order chi connectivity index (χ1) is 59.9. The largest absolute Gasteiger partial charge is 0.478 e. The average Bonchev–Trinajstić information content (AvgIpc) is 1.63. The normalized spacial score (nSPS) is 15.6. The van der Waals surface area contributed by atoms with E-state index in [4.69, 9.17) is 28.9 Å². The van der Waals surface area contributed by atoms with Gasteiger partial charge in [0.05, 0.1) is 73.6 Å². The number of Topliss-reactive ketones (excluding diaryl/α,β-unsaturated/α-hetero) is 1. The Hall–Kier alpha value is -12.7. The van der Waals surface area contributed by atoms with Crippen LogP contribution in [-0.2, 0) is 18.9 Å².